The van der Waals surface area contributed by atoms with Gasteiger partial charge in [0, 0.05) is 83.2 Å². The number of phenols is 4. The van der Waals surface area contributed by atoms with E-state index < -0.39 is 300 Å². The summed E-state index contributed by atoms with van der Waals surface area (Å²) in [6.45, 7) is -3.71. The number of carboxylic acids is 4. The number of aliphatic carboxylic acids is 4. The van der Waals surface area contributed by atoms with Gasteiger partial charge in [-0.25, -0.2) is 0 Å². The van der Waals surface area contributed by atoms with Gasteiger partial charge in [0.15, 0.2) is 0 Å². The molecule has 0 radical (unpaired) electrons. The van der Waals surface area contributed by atoms with Crippen molar-refractivity contribution in [2.45, 2.75) is 151 Å². The molecule has 528 valence electrons. The molecule has 8 unspecified atom stereocenters. The third kappa shape index (κ3) is 15.8. The molecule has 8 atom stereocenters. The van der Waals surface area contributed by atoms with Crippen molar-refractivity contribution < 1.29 is 132 Å². The Morgan fingerprint density at radius 2 is 0.542 bits per heavy atom. The Bertz CT molecular complexity index is 3580. The van der Waals surface area contributed by atoms with E-state index in [2.05, 4.69) is 0 Å². The van der Waals surface area contributed by atoms with E-state index in [1.165, 1.54) is 19.6 Å². The molecule has 4 aliphatic heterocycles. The van der Waals surface area contributed by atoms with Crippen LogP contribution in [0.15, 0.2) is 24.3 Å². The number of hydrogen-bond acceptors (Lipinski definition) is 24. The summed E-state index contributed by atoms with van der Waals surface area (Å²) in [5, 5.41) is 156. The zero-order chi connectivity index (χ0) is 70.6. The molecule has 0 spiro atoms. The lowest BCUT2D eigenvalue weighted by atomic mass is 9.75. The number of rotatable bonds is 24. The highest BCUT2D eigenvalue weighted by Gasteiger charge is 2.41. The summed E-state index contributed by atoms with van der Waals surface area (Å²) >= 11 is 0. The highest BCUT2D eigenvalue weighted by molar-refractivity contribution is 7.86. The van der Waals surface area contributed by atoms with Crippen LogP contribution in [0.2, 0.25) is 0 Å². The molecule has 4 heterocycles. The average Bonchev–Trinajstić information content (AvgIpc) is 1.30. The van der Waals surface area contributed by atoms with Crippen molar-refractivity contribution in [3.8, 4) is 46.0 Å². The highest BCUT2D eigenvalue weighted by atomic mass is 32.2. The monoisotopic (exact) mass is 1420 g/mol. The predicted octanol–water partition coefficient (Wildman–Crippen LogP) is 0.952. The zero-order valence-electron chi connectivity index (χ0n) is 51.2. The molecule has 9 rings (SSSR count). The van der Waals surface area contributed by atoms with Gasteiger partial charge in [-0.15, -0.1) is 11.5 Å². The van der Waals surface area contributed by atoms with Crippen molar-refractivity contribution in [2.24, 2.45) is 0 Å². The van der Waals surface area contributed by atoms with E-state index in [-0.39, 0.29) is 77.5 Å². The van der Waals surface area contributed by atoms with E-state index in [4.69, 9.17) is 0 Å². The normalized spacial score (nSPS) is 23.2. The third-order valence-corrected chi connectivity index (χ3v) is 22.3. The lowest BCUT2D eigenvalue weighted by Crippen LogP contribution is -2.36. The van der Waals surface area contributed by atoms with Gasteiger partial charge in [0.2, 0.25) is 0 Å². The Labute approximate surface area is 550 Å². The smallest absolute Gasteiger partial charge is 0.320 e. The van der Waals surface area contributed by atoms with Crippen LogP contribution >= 0.6 is 0 Å². The van der Waals surface area contributed by atoms with Crippen LogP contribution in [0, 0.1) is 0 Å². The molecule has 4 saturated heterocycles. The van der Waals surface area contributed by atoms with Gasteiger partial charge in [0.1, 0.15) is 47.2 Å². The first kappa shape index (κ1) is 72.9. The highest BCUT2D eigenvalue weighted by Crippen LogP contribution is 2.55. The van der Waals surface area contributed by atoms with Gasteiger partial charge in [0.05, 0.1) is 28.6 Å². The van der Waals surface area contributed by atoms with Crippen molar-refractivity contribution in [1.82, 2.24) is 19.6 Å². The maximum absolute atomic E-state index is 15.8. The molecule has 32 nitrogen and oxygen atoms in total. The van der Waals surface area contributed by atoms with Crippen LogP contribution in [0.3, 0.4) is 0 Å². The maximum atomic E-state index is 15.8. The molecule has 96 heavy (non-hydrogen) atoms. The first-order chi connectivity index (χ1) is 44.7. The van der Waals surface area contributed by atoms with E-state index in [0.717, 1.165) is 24.3 Å². The van der Waals surface area contributed by atoms with E-state index in [1.807, 2.05) is 0 Å². The number of carboxylic acid groups (broad SMARTS) is 4. The fraction of sp³-hybridized carbons (Fsp3) is 0.533. The minimum absolute atomic E-state index is 0.0214. The van der Waals surface area contributed by atoms with Crippen molar-refractivity contribution in [3.05, 3.63) is 91.0 Å². The average molecular weight is 1430 g/mol. The number of fused-ring (bicyclic) bond motifs is 8. The van der Waals surface area contributed by atoms with E-state index in [0.29, 0.717) is 0 Å². The Balaban J connectivity index is 1.54. The summed E-state index contributed by atoms with van der Waals surface area (Å²) in [5.41, 5.74) is -8.97. The number of hydrogen-bond donors (Lipinski definition) is 12. The second-order valence-corrected chi connectivity index (χ2v) is 31.5. The summed E-state index contributed by atoms with van der Waals surface area (Å²) in [4.78, 5) is 56.0. The van der Waals surface area contributed by atoms with Crippen molar-refractivity contribution in [1.29, 1.82) is 0 Å². The number of carbonyl (C=O) groups is 4. The van der Waals surface area contributed by atoms with Crippen LogP contribution in [0.25, 0.3) is 0 Å². The molecule has 4 aromatic carbocycles. The van der Waals surface area contributed by atoms with Crippen LogP contribution in [-0.2, 0) is 85.8 Å². The van der Waals surface area contributed by atoms with E-state index in [9.17, 15) is 112 Å². The zero-order valence-corrected chi connectivity index (χ0v) is 54.5. The van der Waals surface area contributed by atoms with Crippen LogP contribution in [-0.4, -0.2) is 210 Å². The quantitative estimate of drug-likeness (QED) is 0.0435. The molecule has 12 N–H and O–H groups in total. The standard InChI is InChI=1S/C60H76N4O28S4/c65-49-33-21-34(50(66)41(49)25-61-13-1-5-45(61)57(73)74)30(10-18-94(84,85)86)36-23-38(54(70)43(52(36)68)27-63-15-3-7-47(63)59(77)78)32(12-20-96(90,91)92)40-24-39(55(71)44(56(40)72)28-64-16-4-8-48(64)60(79)80)31(11-19-95(87,88)89)37-22-35(29(33)9-17-93(81,82)83)51(67)42(53(37)69)26-62-14-2-6-46(62)58(75)76/h21-24,29-32,45-48,65-72H,1-20,25-28H2,(H,73,74)(H,75,76)(H,77,78)(H,79,80)(H,81,82,83)(H,84,85,86)(H,87,88,89)(H,90,91,92)/p-4. The summed E-state index contributed by atoms with van der Waals surface area (Å²) < 4.78 is 147. The Hall–Kier alpha value is -7.36. The second kappa shape index (κ2) is 28.2. The molecule has 36 heteroatoms. The number of benzene rings is 4. The molecule has 4 fully saturated rings. The lowest BCUT2D eigenvalue weighted by Gasteiger charge is -2.38. The van der Waals surface area contributed by atoms with Crippen LogP contribution in [0.1, 0.15) is 167 Å². The van der Waals surface area contributed by atoms with Gasteiger partial charge < -0.3 is 61.3 Å². The number of likely N-dealkylation sites (tertiary alicyclic amines) is 4. The molecule has 0 saturated carbocycles. The molecule has 4 aromatic rings. The van der Waals surface area contributed by atoms with Crippen molar-refractivity contribution >= 4 is 64.3 Å². The Morgan fingerprint density at radius 1 is 0.344 bits per heavy atom. The van der Waals surface area contributed by atoms with Gasteiger partial charge in [-0.3, -0.25) is 57.0 Å². The van der Waals surface area contributed by atoms with Gasteiger partial charge in [-0.05, 0) is 137 Å². The van der Waals surface area contributed by atoms with Crippen molar-refractivity contribution in [3.63, 3.8) is 0 Å². The summed E-state index contributed by atoms with van der Waals surface area (Å²) in [5.74, 6) is -29.3. The first-order valence-corrected chi connectivity index (χ1v) is 37.1. The molecule has 0 aromatic heterocycles. The van der Waals surface area contributed by atoms with Gasteiger partial charge in [-0.2, -0.15) is 33.7 Å². The third-order valence-electron chi connectivity index (χ3n) is 19.3. The first-order valence-electron chi connectivity index (χ1n) is 30.7. The molecule has 5 aliphatic rings. The maximum Gasteiger partial charge on any atom is 0.320 e. The lowest BCUT2D eigenvalue weighted by molar-refractivity contribution is -0.284. The Morgan fingerprint density at radius 3 is 0.781 bits per heavy atom. The molecular weight excluding hydrogens is 1350 g/mol. The van der Waals surface area contributed by atoms with Crippen LogP contribution < -0.4 is 20.4 Å². The molecule has 0 amide bonds. The van der Waals surface area contributed by atoms with Crippen molar-refractivity contribution in [2.75, 3.05) is 49.2 Å². The predicted molar refractivity (Wildman–Crippen MR) is 326 cm³/mol. The van der Waals surface area contributed by atoms with Crippen LogP contribution in [0.4, 0.5) is 0 Å². The number of phenolic OH excluding ortho intramolecular Hbond substituents is 4. The van der Waals surface area contributed by atoms with E-state index in [1.54, 1.807) is 0 Å². The molecular formula is C60H72N4O28S4-4. The minimum Gasteiger partial charge on any atom is -0.872 e. The summed E-state index contributed by atoms with van der Waals surface area (Å²) in [6, 6.07) is -2.31. The topological polar surface area (TPSA) is 553 Å². The van der Waals surface area contributed by atoms with E-state index >= 15 is 20.4 Å². The fourth-order valence-corrected chi connectivity index (χ4v) is 16.8. The second-order valence-electron chi connectivity index (χ2n) is 25.2. The van der Waals surface area contributed by atoms with Gasteiger partial charge in [-0.1, -0.05) is 29.7 Å². The summed E-state index contributed by atoms with van der Waals surface area (Å²) in [7, 11) is -20.9. The Kier molecular flexibility index (Phi) is 21.4. The summed E-state index contributed by atoms with van der Waals surface area (Å²) in [6.07, 6.45) is -3.67. The fourth-order valence-electron chi connectivity index (χ4n) is 14.7. The molecule has 1 aliphatic carbocycles. The van der Waals surface area contributed by atoms with Gasteiger partial charge >= 0.3 is 23.9 Å². The minimum atomic E-state index is -5.24. The SMILES string of the molecule is O=C(O)C1CCCN1Cc1c([O-])c2cc(c1[O-])C(CCS(=O)(=O)O)c1cc(c([O-])c(CN3CCCC3C(=O)O)c1O)C(CCS(=O)(=O)O)c1cc(c(O)c(CN3CCCC3C(=O)O)c1O)C(CCS(=O)(=O)O)c1cc(c(O)c(CN3CCCC3C(=O)O)c1[O-])C2CCS(=O)(=O)O. The molecule has 8 bridgehead atoms. The number of nitrogens with zero attached hydrogens (tertiary/aromatic N) is 4. The number of aromatic hydroxyl groups is 4. The largest absolute Gasteiger partial charge is 0.872 e. The van der Waals surface area contributed by atoms with Gasteiger partial charge in [0.25, 0.3) is 40.5 Å². The van der Waals surface area contributed by atoms with Crippen LogP contribution in [0.5, 0.6) is 46.0 Å².